The Kier molecular flexibility index (Phi) is 2.87. The molecule has 0 saturated carbocycles. The predicted molar refractivity (Wildman–Crippen MR) is 57.3 cm³/mol. The largest absolute Gasteiger partial charge is 0.389 e. The van der Waals surface area contributed by atoms with Gasteiger partial charge in [0.25, 0.3) is 0 Å². The summed E-state index contributed by atoms with van der Waals surface area (Å²) < 4.78 is 0. The van der Waals surface area contributed by atoms with Crippen molar-refractivity contribution in [3.8, 4) is 0 Å². The van der Waals surface area contributed by atoms with E-state index < -0.39 is 0 Å². The molecule has 66 valence electrons. The third-order valence-corrected chi connectivity index (χ3v) is 3.16. The first kappa shape index (κ1) is 9.70. The molecule has 0 aliphatic heterocycles. The molecule has 0 unspecified atom stereocenters. The highest BCUT2D eigenvalue weighted by molar-refractivity contribution is 7.81. The Morgan fingerprint density at radius 1 is 1.67 bits per heavy atom. The van der Waals surface area contributed by atoms with E-state index in [1.165, 1.54) is 11.3 Å². The van der Waals surface area contributed by atoms with Gasteiger partial charge in [-0.3, -0.25) is 0 Å². The molecule has 0 aliphatic rings. The first-order valence-electron chi connectivity index (χ1n) is 3.16. The smallest absolute Gasteiger partial charge is 0.186 e. The van der Waals surface area contributed by atoms with Crippen LogP contribution in [0.1, 0.15) is 4.88 Å². The van der Waals surface area contributed by atoms with E-state index >= 15 is 0 Å². The standard InChI is InChI=1S/C6H8ClN3S2/c1-10(2)6-9-4(7)3(12-6)5(8)11/h1-2H3,(H2,8,11). The van der Waals surface area contributed by atoms with Crippen LogP contribution in [0.4, 0.5) is 5.13 Å². The van der Waals surface area contributed by atoms with E-state index in [-0.39, 0.29) is 0 Å². The van der Waals surface area contributed by atoms with Crippen molar-refractivity contribution in [2.75, 3.05) is 19.0 Å². The monoisotopic (exact) mass is 221 g/mol. The zero-order valence-corrected chi connectivity index (χ0v) is 9.06. The summed E-state index contributed by atoms with van der Waals surface area (Å²) in [6, 6.07) is 0. The minimum absolute atomic E-state index is 0.297. The van der Waals surface area contributed by atoms with Crippen LogP contribution in [0.2, 0.25) is 5.15 Å². The number of thiazole rings is 1. The summed E-state index contributed by atoms with van der Waals surface area (Å²) in [5.74, 6) is 0. The van der Waals surface area contributed by atoms with Gasteiger partial charge in [0.1, 0.15) is 9.87 Å². The van der Waals surface area contributed by atoms with Crippen molar-refractivity contribution in [1.82, 2.24) is 4.98 Å². The molecule has 1 rings (SSSR count). The number of halogens is 1. The third kappa shape index (κ3) is 1.85. The van der Waals surface area contributed by atoms with Crippen molar-refractivity contribution in [1.29, 1.82) is 0 Å². The van der Waals surface area contributed by atoms with E-state index in [4.69, 9.17) is 29.6 Å². The first-order valence-corrected chi connectivity index (χ1v) is 4.76. The Morgan fingerprint density at radius 2 is 2.25 bits per heavy atom. The Balaban J connectivity index is 3.09. The van der Waals surface area contributed by atoms with Crippen LogP contribution in [0, 0.1) is 0 Å². The van der Waals surface area contributed by atoms with E-state index in [2.05, 4.69) is 4.98 Å². The second-order valence-electron chi connectivity index (χ2n) is 2.38. The van der Waals surface area contributed by atoms with Crippen LogP contribution in [0.25, 0.3) is 0 Å². The number of nitrogens with two attached hydrogens (primary N) is 1. The number of nitrogens with zero attached hydrogens (tertiary/aromatic N) is 2. The fourth-order valence-electron chi connectivity index (χ4n) is 0.634. The summed E-state index contributed by atoms with van der Waals surface area (Å²) in [5.41, 5.74) is 5.43. The zero-order valence-electron chi connectivity index (χ0n) is 6.67. The molecule has 0 aliphatic carbocycles. The van der Waals surface area contributed by atoms with Crippen LogP contribution in [0.3, 0.4) is 0 Å². The van der Waals surface area contributed by atoms with E-state index in [0.29, 0.717) is 15.0 Å². The maximum atomic E-state index is 5.79. The van der Waals surface area contributed by atoms with Crippen molar-refractivity contribution in [3.63, 3.8) is 0 Å². The van der Waals surface area contributed by atoms with E-state index in [9.17, 15) is 0 Å². The maximum absolute atomic E-state index is 5.79. The number of thiocarbonyl (C=S) groups is 1. The van der Waals surface area contributed by atoms with Gasteiger partial charge in [0.2, 0.25) is 0 Å². The van der Waals surface area contributed by atoms with E-state index in [1.807, 2.05) is 19.0 Å². The molecule has 0 radical (unpaired) electrons. The lowest BCUT2D eigenvalue weighted by atomic mass is 10.6. The second-order valence-corrected chi connectivity index (χ2v) is 4.15. The van der Waals surface area contributed by atoms with Gasteiger partial charge in [-0.1, -0.05) is 35.2 Å². The summed E-state index contributed by atoms with van der Waals surface area (Å²) in [4.78, 5) is 6.91. The minimum atomic E-state index is 0.297. The highest BCUT2D eigenvalue weighted by atomic mass is 35.5. The highest BCUT2D eigenvalue weighted by Gasteiger charge is 2.11. The van der Waals surface area contributed by atoms with Crippen LogP contribution in [0.5, 0.6) is 0 Å². The molecule has 0 fully saturated rings. The summed E-state index contributed by atoms with van der Waals surface area (Å²) >= 11 is 12.0. The number of hydrogen-bond donors (Lipinski definition) is 1. The van der Waals surface area contributed by atoms with Gasteiger partial charge in [-0.2, -0.15) is 0 Å². The molecule has 1 aromatic rings. The average molecular weight is 222 g/mol. The Hall–Kier alpha value is -0.390. The molecule has 6 heteroatoms. The predicted octanol–water partition coefficient (Wildman–Crippen LogP) is 1.50. The fraction of sp³-hybridized carbons (Fsp3) is 0.333. The average Bonchev–Trinajstić information content (AvgIpc) is 2.30. The molecular formula is C6H8ClN3S2. The zero-order chi connectivity index (χ0) is 9.30. The quantitative estimate of drug-likeness (QED) is 0.769. The van der Waals surface area contributed by atoms with Gasteiger partial charge in [-0.25, -0.2) is 4.98 Å². The minimum Gasteiger partial charge on any atom is -0.389 e. The lowest BCUT2D eigenvalue weighted by Crippen LogP contribution is -2.08. The van der Waals surface area contributed by atoms with Crippen LogP contribution in [-0.2, 0) is 0 Å². The summed E-state index contributed by atoms with van der Waals surface area (Å²) in [6.45, 7) is 0. The van der Waals surface area contributed by atoms with Crippen molar-refractivity contribution >= 4 is 45.3 Å². The first-order chi connectivity index (χ1) is 5.52. The lowest BCUT2D eigenvalue weighted by molar-refractivity contribution is 1.10. The van der Waals surface area contributed by atoms with Crippen molar-refractivity contribution in [2.45, 2.75) is 0 Å². The maximum Gasteiger partial charge on any atom is 0.186 e. The molecule has 0 bridgehead atoms. The van der Waals surface area contributed by atoms with Crippen molar-refractivity contribution in [3.05, 3.63) is 10.0 Å². The summed E-state index contributed by atoms with van der Waals surface area (Å²) in [6.07, 6.45) is 0. The molecule has 0 atom stereocenters. The van der Waals surface area contributed by atoms with Gasteiger partial charge in [0.05, 0.1) is 0 Å². The van der Waals surface area contributed by atoms with E-state index in [1.54, 1.807) is 0 Å². The molecule has 3 nitrogen and oxygen atoms in total. The number of rotatable bonds is 2. The molecule has 0 saturated heterocycles. The number of hydrogen-bond acceptors (Lipinski definition) is 4. The number of aromatic nitrogens is 1. The summed E-state index contributed by atoms with van der Waals surface area (Å²) in [7, 11) is 3.77. The topological polar surface area (TPSA) is 42.2 Å². The van der Waals surface area contributed by atoms with Crippen LogP contribution in [-0.4, -0.2) is 24.1 Å². The van der Waals surface area contributed by atoms with Gasteiger partial charge < -0.3 is 10.6 Å². The Labute approximate surface area is 85.1 Å². The molecule has 1 heterocycles. The van der Waals surface area contributed by atoms with Crippen molar-refractivity contribution < 1.29 is 0 Å². The van der Waals surface area contributed by atoms with Crippen LogP contribution < -0.4 is 10.6 Å². The van der Waals surface area contributed by atoms with Gasteiger partial charge in [0, 0.05) is 14.1 Å². The molecule has 12 heavy (non-hydrogen) atoms. The van der Waals surface area contributed by atoms with Gasteiger partial charge >= 0.3 is 0 Å². The highest BCUT2D eigenvalue weighted by Crippen LogP contribution is 2.27. The van der Waals surface area contributed by atoms with Crippen LogP contribution >= 0.6 is 35.2 Å². The number of anilines is 1. The third-order valence-electron chi connectivity index (χ3n) is 1.18. The van der Waals surface area contributed by atoms with Gasteiger partial charge in [0.15, 0.2) is 10.3 Å². The van der Waals surface area contributed by atoms with Crippen molar-refractivity contribution in [2.24, 2.45) is 5.73 Å². The molecule has 2 N–H and O–H groups in total. The molecule has 0 amide bonds. The van der Waals surface area contributed by atoms with Gasteiger partial charge in [-0.15, -0.1) is 0 Å². The molecule has 1 aromatic heterocycles. The lowest BCUT2D eigenvalue weighted by Gasteiger charge is -2.04. The molecular weight excluding hydrogens is 214 g/mol. The second kappa shape index (κ2) is 3.55. The van der Waals surface area contributed by atoms with Gasteiger partial charge in [-0.05, 0) is 0 Å². The Bertz CT molecular complexity index is 308. The fourth-order valence-corrected chi connectivity index (χ4v) is 1.99. The summed E-state index contributed by atoms with van der Waals surface area (Å²) in [5, 5.41) is 1.19. The van der Waals surface area contributed by atoms with Crippen LogP contribution in [0.15, 0.2) is 0 Å². The molecule has 0 aromatic carbocycles. The Morgan fingerprint density at radius 3 is 2.50 bits per heavy atom. The SMILES string of the molecule is CN(C)c1nc(Cl)c(C(N)=S)s1. The normalized spacial score (nSPS) is 9.92. The molecule has 0 spiro atoms. The van der Waals surface area contributed by atoms with E-state index in [0.717, 1.165) is 5.13 Å².